The van der Waals surface area contributed by atoms with Gasteiger partial charge in [-0.1, -0.05) is 0 Å². The summed E-state index contributed by atoms with van der Waals surface area (Å²) in [7, 11) is 1.60. The number of hydrogen-bond donors (Lipinski definition) is 3. The number of aliphatic hydroxyl groups is 1. The van der Waals surface area contributed by atoms with Gasteiger partial charge < -0.3 is 20.1 Å². The molecule has 0 aliphatic heterocycles. The van der Waals surface area contributed by atoms with Crippen LogP contribution in [0.5, 0.6) is 5.88 Å². The summed E-state index contributed by atoms with van der Waals surface area (Å²) < 4.78 is 7.40. The first-order valence-corrected chi connectivity index (χ1v) is 8.74. The average molecular weight is 365 g/mol. The van der Waals surface area contributed by atoms with Crippen molar-refractivity contribution in [2.75, 3.05) is 12.4 Å². The smallest absolute Gasteiger partial charge is 0.228 e. The fourth-order valence-electron chi connectivity index (χ4n) is 3.71. The Hall–Kier alpha value is -3.20. The van der Waals surface area contributed by atoms with Crippen molar-refractivity contribution in [3.8, 4) is 17.0 Å². The van der Waals surface area contributed by atoms with Crippen molar-refractivity contribution in [3.63, 3.8) is 0 Å². The maximum absolute atomic E-state index is 9.90. The third kappa shape index (κ3) is 2.67. The first-order chi connectivity index (χ1) is 13.0. The van der Waals surface area contributed by atoms with E-state index in [2.05, 4.69) is 30.5 Å². The summed E-state index contributed by atoms with van der Waals surface area (Å²) >= 11 is 0. The molecule has 0 radical (unpaired) electrons. The molecule has 0 saturated heterocycles. The Kier molecular flexibility index (Phi) is 3.35. The Bertz CT molecular complexity index is 1140. The number of anilines is 1. The van der Waals surface area contributed by atoms with Gasteiger partial charge in [-0.2, -0.15) is 9.97 Å². The lowest BCUT2D eigenvalue weighted by Crippen LogP contribution is -2.48. The van der Waals surface area contributed by atoms with Crippen molar-refractivity contribution >= 4 is 22.6 Å². The van der Waals surface area contributed by atoms with Gasteiger partial charge in [-0.25, -0.2) is 0 Å². The predicted octanol–water partition coefficient (Wildman–Crippen LogP) is 2.00. The van der Waals surface area contributed by atoms with Gasteiger partial charge >= 0.3 is 0 Å². The normalized spacial score (nSPS) is 22.1. The third-order valence-corrected chi connectivity index (χ3v) is 5.00. The number of ether oxygens (including phenoxy) is 1. The molecule has 4 aromatic heterocycles. The molecule has 27 heavy (non-hydrogen) atoms. The predicted molar refractivity (Wildman–Crippen MR) is 99.7 cm³/mol. The highest BCUT2D eigenvalue weighted by Crippen LogP contribution is 2.36. The zero-order valence-electron chi connectivity index (χ0n) is 15.0. The molecule has 1 aliphatic carbocycles. The largest absolute Gasteiger partial charge is 0.480 e. The highest BCUT2D eigenvalue weighted by molar-refractivity contribution is 5.97. The zero-order chi connectivity index (χ0) is 18.6. The molecular formula is C18H19N7O2. The molecular weight excluding hydrogens is 346 g/mol. The second-order valence-corrected chi connectivity index (χ2v) is 7.24. The van der Waals surface area contributed by atoms with Crippen molar-refractivity contribution in [3.05, 3.63) is 30.9 Å². The van der Waals surface area contributed by atoms with E-state index in [4.69, 9.17) is 4.74 Å². The van der Waals surface area contributed by atoms with Crippen LogP contribution in [0.15, 0.2) is 30.9 Å². The number of methoxy groups -OCH3 is 1. The molecule has 0 bridgehead atoms. The molecule has 4 aromatic rings. The quantitative estimate of drug-likeness (QED) is 0.507. The van der Waals surface area contributed by atoms with Gasteiger partial charge in [0.25, 0.3) is 0 Å². The molecule has 0 amide bonds. The summed E-state index contributed by atoms with van der Waals surface area (Å²) in [6, 6.07) is 4.05. The van der Waals surface area contributed by atoms with Crippen LogP contribution in [0.1, 0.15) is 19.8 Å². The fraction of sp³-hybridized carbons (Fsp3) is 0.333. The summed E-state index contributed by atoms with van der Waals surface area (Å²) in [5.74, 6) is 0.983. The van der Waals surface area contributed by atoms with Crippen LogP contribution < -0.4 is 10.1 Å². The van der Waals surface area contributed by atoms with Crippen molar-refractivity contribution in [2.24, 2.45) is 0 Å². The van der Waals surface area contributed by atoms with Gasteiger partial charge in [0.2, 0.25) is 11.8 Å². The molecule has 1 saturated carbocycles. The van der Waals surface area contributed by atoms with E-state index in [9.17, 15) is 5.11 Å². The van der Waals surface area contributed by atoms with Crippen LogP contribution >= 0.6 is 0 Å². The third-order valence-electron chi connectivity index (χ3n) is 5.00. The van der Waals surface area contributed by atoms with Crippen LogP contribution in [-0.4, -0.2) is 53.4 Å². The van der Waals surface area contributed by atoms with Gasteiger partial charge in [0.05, 0.1) is 18.1 Å². The Morgan fingerprint density at radius 2 is 2.19 bits per heavy atom. The van der Waals surface area contributed by atoms with Crippen LogP contribution in [0.25, 0.3) is 27.8 Å². The molecule has 9 heteroatoms. The van der Waals surface area contributed by atoms with Crippen LogP contribution in [0, 0.1) is 0 Å². The number of hydrogen-bond acceptors (Lipinski definition) is 7. The number of pyridine rings is 1. The SMILES string of the molecule is COc1nc(N[C@H]2C[C@](C)(O)C2)nc2[nH]cc(-c3ccc4nncn4c3)c12. The maximum Gasteiger partial charge on any atom is 0.228 e. The lowest BCUT2D eigenvalue weighted by atomic mass is 9.77. The van der Waals surface area contributed by atoms with E-state index in [-0.39, 0.29) is 6.04 Å². The number of aromatic amines is 1. The highest BCUT2D eigenvalue weighted by atomic mass is 16.5. The molecule has 0 unspecified atom stereocenters. The number of nitrogens with zero attached hydrogens (tertiary/aromatic N) is 5. The van der Waals surface area contributed by atoms with E-state index in [0.29, 0.717) is 30.3 Å². The second kappa shape index (κ2) is 5.65. The van der Waals surface area contributed by atoms with E-state index in [1.807, 2.05) is 35.9 Å². The topological polar surface area (TPSA) is 113 Å². The minimum absolute atomic E-state index is 0.160. The number of fused-ring (bicyclic) bond motifs is 2. The monoisotopic (exact) mass is 365 g/mol. The lowest BCUT2D eigenvalue weighted by molar-refractivity contribution is -0.0236. The minimum atomic E-state index is -0.605. The van der Waals surface area contributed by atoms with E-state index in [1.54, 1.807) is 13.4 Å². The van der Waals surface area contributed by atoms with Gasteiger partial charge in [0.15, 0.2) is 5.65 Å². The standard InChI is InChI=1S/C18H19N7O2/c1-18(26)5-11(6-18)21-17-22-15-14(16(23-17)27-2)12(7-19-15)10-3-4-13-24-20-9-25(13)8-10/h3-4,7-9,11,26H,5-6H2,1-2H3,(H2,19,21,22,23)/t11-,18-. The van der Waals surface area contributed by atoms with E-state index in [1.165, 1.54) is 0 Å². The van der Waals surface area contributed by atoms with Gasteiger partial charge in [-0.15, -0.1) is 10.2 Å². The van der Waals surface area contributed by atoms with Crippen molar-refractivity contribution in [2.45, 2.75) is 31.4 Å². The van der Waals surface area contributed by atoms with E-state index >= 15 is 0 Å². The molecule has 0 aromatic carbocycles. The number of nitrogens with one attached hydrogen (secondary N) is 2. The summed E-state index contributed by atoms with van der Waals surface area (Å²) in [5.41, 5.74) is 2.78. The molecule has 0 atom stereocenters. The Morgan fingerprint density at radius 1 is 1.33 bits per heavy atom. The van der Waals surface area contributed by atoms with Gasteiger partial charge in [0.1, 0.15) is 12.0 Å². The van der Waals surface area contributed by atoms with Gasteiger partial charge in [-0.3, -0.25) is 4.40 Å². The Labute approximate surface area is 154 Å². The zero-order valence-corrected chi connectivity index (χ0v) is 15.0. The molecule has 9 nitrogen and oxygen atoms in total. The summed E-state index contributed by atoms with van der Waals surface area (Å²) in [6.45, 7) is 1.83. The Morgan fingerprint density at radius 3 is 2.96 bits per heavy atom. The van der Waals surface area contributed by atoms with E-state index < -0.39 is 5.60 Å². The molecule has 0 spiro atoms. The van der Waals surface area contributed by atoms with Crippen LogP contribution in [0.2, 0.25) is 0 Å². The van der Waals surface area contributed by atoms with Gasteiger partial charge in [-0.05, 0) is 31.9 Å². The van der Waals surface area contributed by atoms with Crippen molar-refractivity contribution in [1.82, 2.24) is 29.5 Å². The maximum atomic E-state index is 9.90. The molecule has 1 fully saturated rings. The molecule has 1 aliphatic rings. The second-order valence-electron chi connectivity index (χ2n) is 7.24. The summed E-state index contributed by atoms with van der Waals surface area (Å²) in [4.78, 5) is 12.3. The van der Waals surface area contributed by atoms with Crippen molar-refractivity contribution < 1.29 is 9.84 Å². The van der Waals surface area contributed by atoms with E-state index in [0.717, 1.165) is 22.2 Å². The fourth-order valence-corrected chi connectivity index (χ4v) is 3.71. The van der Waals surface area contributed by atoms with Crippen LogP contribution in [0.3, 0.4) is 0 Å². The molecule has 3 N–H and O–H groups in total. The van der Waals surface area contributed by atoms with Crippen molar-refractivity contribution in [1.29, 1.82) is 0 Å². The van der Waals surface area contributed by atoms with Crippen LogP contribution in [-0.2, 0) is 0 Å². The summed E-state index contributed by atoms with van der Waals surface area (Å²) in [6.07, 6.45) is 6.86. The number of H-pyrrole nitrogens is 1. The Balaban J connectivity index is 1.55. The average Bonchev–Trinajstić information content (AvgIpc) is 3.25. The van der Waals surface area contributed by atoms with Crippen LogP contribution in [0.4, 0.5) is 5.95 Å². The number of rotatable bonds is 4. The molecule has 4 heterocycles. The molecule has 5 rings (SSSR count). The lowest BCUT2D eigenvalue weighted by Gasteiger charge is -2.41. The summed E-state index contributed by atoms with van der Waals surface area (Å²) in [5, 5.41) is 21.9. The number of aromatic nitrogens is 6. The molecule has 138 valence electrons. The highest BCUT2D eigenvalue weighted by Gasteiger charge is 2.38. The van der Waals surface area contributed by atoms with Gasteiger partial charge in [0, 0.05) is 29.6 Å². The first-order valence-electron chi connectivity index (χ1n) is 8.74. The first kappa shape index (κ1) is 16.0. The minimum Gasteiger partial charge on any atom is -0.480 e.